The summed E-state index contributed by atoms with van der Waals surface area (Å²) in [5, 5.41) is 7.15. The van der Waals surface area contributed by atoms with Crippen LogP contribution in [-0.4, -0.2) is 63.7 Å². The fourth-order valence-corrected chi connectivity index (χ4v) is 6.55. The van der Waals surface area contributed by atoms with Crippen LogP contribution in [0.3, 0.4) is 0 Å². The van der Waals surface area contributed by atoms with E-state index >= 15 is 0 Å². The number of nitrogens with one attached hydrogen (secondary N) is 1. The first kappa shape index (κ1) is 20.3. The smallest absolute Gasteiger partial charge is 0.233 e. The Morgan fingerprint density at radius 1 is 1.21 bits per heavy atom. The third-order valence-corrected chi connectivity index (χ3v) is 8.11. The van der Waals surface area contributed by atoms with Gasteiger partial charge in [-0.05, 0) is 31.4 Å². The van der Waals surface area contributed by atoms with E-state index in [1.807, 2.05) is 4.90 Å². The lowest BCUT2D eigenvalue weighted by Gasteiger charge is -2.34. The predicted octanol–water partition coefficient (Wildman–Crippen LogP) is 2.66. The zero-order valence-corrected chi connectivity index (χ0v) is 17.5. The van der Waals surface area contributed by atoms with Gasteiger partial charge in [0, 0.05) is 12.1 Å². The number of aromatic amines is 1. The second-order valence-corrected chi connectivity index (χ2v) is 10.7. The molecule has 2 heterocycles. The Balaban J connectivity index is 1.44. The second-order valence-electron chi connectivity index (χ2n) is 7.53. The fraction of sp³-hybridized carbons (Fsp3) is 0.526. The van der Waals surface area contributed by atoms with Crippen LogP contribution < -0.4 is 0 Å². The van der Waals surface area contributed by atoms with E-state index in [1.54, 1.807) is 18.2 Å². The summed E-state index contributed by atoms with van der Waals surface area (Å²) in [6, 6.07) is 6.15. The summed E-state index contributed by atoms with van der Waals surface area (Å²) >= 11 is 1.18. The molecule has 0 spiro atoms. The van der Waals surface area contributed by atoms with Crippen molar-refractivity contribution in [3.63, 3.8) is 0 Å². The lowest BCUT2D eigenvalue weighted by Crippen LogP contribution is -2.47. The van der Waals surface area contributed by atoms with Crippen LogP contribution in [0.5, 0.6) is 0 Å². The average Bonchev–Trinajstić information content (AvgIpc) is 3.43. The number of thioether (sulfide) groups is 1. The van der Waals surface area contributed by atoms with Crippen LogP contribution >= 0.6 is 11.8 Å². The van der Waals surface area contributed by atoms with Gasteiger partial charge in [-0.1, -0.05) is 36.7 Å². The van der Waals surface area contributed by atoms with Crippen LogP contribution in [0.25, 0.3) is 11.4 Å². The summed E-state index contributed by atoms with van der Waals surface area (Å²) in [6.07, 6.45) is 4.48. The number of hydrogen-bond donors (Lipinski definition) is 1. The molecular formula is C19H23FN4O3S2. The Kier molecular flexibility index (Phi) is 5.91. The van der Waals surface area contributed by atoms with Gasteiger partial charge in [0.25, 0.3) is 0 Å². The highest BCUT2D eigenvalue weighted by molar-refractivity contribution is 7.99. The minimum Gasteiger partial charge on any atom is -0.335 e. The van der Waals surface area contributed by atoms with Crippen molar-refractivity contribution >= 4 is 27.5 Å². The predicted molar refractivity (Wildman–Crippen MR) is 109 cm³/mol. The number of sulfone groups is 1. The van der Waals surface area contributed by atoms with Crippen LogP contribution in [0.1, 0.15) is 32.1 Å². The molecule has 1 atom stereocenters. The van der Waals surface area contributed by atoms with Crippen molar-refractivity contribution in [3.8, 4) is 11.4 Å². The molecule has 1 amide bonds. The minimum atomic E-state index is -3.07. The van der Waals surface area contributed by atoms with Crippen LogP contribution in [-0.2, 0) is 14.6 Å². The summed E-state index contributed by atoms with van der Waals surface area (Å²) < 4.78 is 37.8. The first-order valence-electron chi connectivity index (χ1n) is 9.74. The van der Waals surface area contributed by atoms with Crippen molar-refractivity contribution in [2.75, 3.05) is 17.3 Å². The van der Waals surface area contributed by atoms with E-state index < -0.39 is 15.7 Å². The molecule has 1 unspecified atom stereocenters. The van der Waals surface area contributed by atoms with Crippen molar-refractivity contribution < 1.29 is 17.6 Å². The number of amides is 1. The molecule has 0 bridgehead atoms. The highest BCUT2D eigenvalue weighted by atomic mass is 32.2. The number of hydrogen-bond acceptors (Lipinski definition) is 6. The van der Waals surface area contributed by atoms with Crippen molar-refractivity contribution in [1.29, 1.82) is 0 Å². The average molecular weight is 439 g/mol. The number of nitrogens with zero attached hydrogens (tertiary/aromatic N) is 3. The lowest BCUT2D eigenvalue weighted by molar-refractivity contribution is -0.132. The summed E-state index contributed by atoms with van der Waals surface area (Å²) in [5.74, 6) is 0.161. The highest BCUT2D eigenvalue weighted by Crippen LogP contribution is 2.30. The van der Waals surface area contributed by atoms with E-state index in [1.165, 1.54) is 17.8 Å². The Bertz CT molecular complexity index is 989. The third-order valence-electron chi connectivity index (χ3n) is 5.53. The number of benzene rings is 1. The molecule has 2 aliphatic rings. The first-order valence-corrected chi connectivity index (χ1v) is 12.6. The standard InChI is InChI=1S/C19H23FN4O3S2/c20-16-8-4-3-7-15(16)18-21-19(23-22-18)28-11-17(25)24(13-5-1-2-6-13)14-9-10-29(26,27)12-14/h3-4,7-8,13-14H,1-2,5-6,9-12H2,(H,21,22,23). The van der Waals surface area contributed by atoms with Crippen LogP contribution in [0.2, 0.25) is 0 Å². The summed E-state index contributed by atoms with van der Waals surface area (Å²) in [4.78, 5) is 19.1. The fourth-order valence-electron chi connectivity index (χ4n) is 4.17. The summed E-state index contributed by atoms with van der Waals surface area (Å²) in [5.41, 5.74) is 0.321. The molecule has 1 aromatic heterocycles. The van der Waals surface area contributed by atoms with Gasteiger partial charge in [-0.2, -0.15) is 0 Å². The number of carbonyl (C=O) groups excluding carboxylic acids is 1. The van der Waals surface area contributed by atoms with Gasteiger partial charge in [0.05, 0.1) is 22.8 Å². The Morgan fingerprint density at radius 3 is 2.66 bits per heavy atom. The van der Waals surface area contributed by atoms with Gasteiger partial charge in [0.1, 0.15) is 5.82 Å². The monoisotopic (exact) mass is 438 g/mol. The molecule has 1 aromatic carbocycles. The summed E-state index contributed by atoms with van der Waals surface area (Å²) in [6.45, 7) is 0. The third kappa shape index (κ3) is 4.63. The molecule has 0 radical (unpaired) electrons. The van der Waals surface area contributed by atoms with Crippen molar-refractivity contribution in [3.05, 3.63) is 30.1 Å². The maximum Gasteiger partial charge on any atom is 0.233 e. The number of H-pyrrole nitrogens is 1. The number of halogens is 1. The second kappa shape index (κ2) is 8.43. The Hall–Kier alpha value is -1.94. The van der Waals surface area contributed by atoms with E-state index in [0.29, 0.717) is 23.0 Å². The van der Waals surface area contributed by atoms with Gasteiger partial charge in [-0.3, -0.25) is 9.89 Å². The van der Waals surface area contributed by atoms with Gasteiger partial charge in [-0.15, -0.1) is 5.10 Å². The maximum absolute atomic E-state index is 13.9. The molecule has 156 valence electrons. The van der Waals surface area contributed by atoms with E-state index in [2.05, 4.69) is 15.2 Å². The molecule has 10 heteroatoms. The molecule has 7 nitrogen and oxygen atoms in total. The normalized spacial score (nSPS) is 21.5. The van der Waals surface area contributed by atoms with Crippen LogP contribution in [0.15, 0.2) is 29.4 Å². The largest absolute Gasteiger partial charge is 0.335 e. The van der Waals surface area contributed by atoms with Gasteiger partial charge in [-0.25, -0.2) is 17.8 Å². The number of carbonyl (C=O) groups is 1. The first-order chi connectivity index (χ1) is 13.9. The molecule has 2 fully saturated rings. The van der Waals surface area contributed by atoms with E-state index in [4.69, 9.17) is 0 Å². The molecule has 29 heavy (non-hydrogen) atoms. The van der Waals surface area contributed by atoms with Crippen LogP contribution in [0.4, 0.5) is 4.39 Å². The Morgan fingerprint density at radius 2 is 1.97 bits per heavy atom. The molecule has 4 rings (SSSR count). The van der Waals surface area contributed by atoms with E-state index in [9.17, 15) is 17.6 Å². The number of aromatic nitrogens is 3. The minimum absolute atomic E-state index is 0.0536. The molecule has 1 saturated heterocycles. The quantitative estimate of drug-likeness (QED) is 0.697. The van der Waals surface area contributed by atoms with Gasteiger partial charge in [0.15, 0.2) is 15.7 Å². The van der Waals surface area contributed by atoms with Gasteiger partial charge >= 0.3 is 0 Å². The molecule has 1 N–H and O–H groups in total. The number of rotatable bonds is 6. The maximum atomic E-state index is 13.9. The van der Waals surface area contributed by atoms with Crippen molar-refractivity contribution in [2.24, 2.45) is 0 Å². The topological polar surface area (TPSA) is 96.0 Å². The van der Waals surface area contributed by atoms with Crippen molar-refractivity contribution in [2.45, 2.75) is 49.3 Å². The summed E-state index contributed by atoms with van der Waals surface area (Å²) in [7, 11) is -3.07. The van der Waals surface area contributed by atoms with E-state index in [-0.39, 0.29) is 35.2 Å². The Labute approximate surface area is 173 Å². The van der Waals surface area contributed by atoms with E-state index in [0.717, 1.165) is 25.7 Å². The lowest BCUT2D eigenvalue weighted by atomic mass is 10.1. The zero-order valence-electron chi connectivity index (χ0n) is 15.9. The van der Waals surface area contributed by atoms with Crippen LogP contribution in [0, 0.1) is 5.82 Å². The molecular weight excluding hydrogens is 415 g/mol. The highest BCUT2D eigenvalue weighted by Gasteiger charge is 2.38. The van der Waals surface area contributed by atoms with Crippen molar-refractivity contribution in [1.82, 2.24) is 20.1 Å². The van der Waals surface area contributed by atoms with Gasteiger partial charge in [0.2, 0.25) is 11.1 Å². The SMILES string of the molecule is O=C(CSc1n[nH]c(-c2ccccc2F)n1)N(C1CCCC1)C1CCS(=O)(=O)C1. The zero-order chi connectivity index (χ0) is 20.4. The molecule has 2 aromatic rings. The van der Waals surface area contributed by atoms with Gasteiger partial charge < -0.3 is 4.90 Å². The molecule has 1 saturated carbocycles. The molecule has 1 aliphatic heterocycles. The molecule has 1 aliphatic carbocycles.